The zero-order valence-corrected chi connectivity index (χ0v) is 19.7. The molecule has 0 spiro atoms. The van der Waals surface area contributed by atoms with E-state index in [1.54, 1.807) is 12.1 Å². The molecule has 0 aromatic heterocycles. The van der Waals surface area contributed by atoms with Crippen molar-refractivity contribution in [2.24, 2.45) is 11.8 Å². The molecule has 1 fully saturated rings. The maximum atomic E-state index is 11.7. The normalized spacial score (nSPS) is 24.6. The van der Waals surface area contributed by atoms with Gasteiger partial charge >= 0.3 is 0 Å². The van der Waals surface area contributed by atoms with Gasteiger partial charge in [0.2, 0.25) is 0 Å². The highest BCUT2D eigenvalue weighted by molar-refractivity contribution is 7.86. The molecule has 4 N–H and O–H groups in total. The molecular weight excluding hydrogens is 456 g/mol. The van der Waals surface area contributed by atoms with Gasteiger partial charge in [-0.2, -0.15) is 16.8 Å². The predicted molar refractivity (Wildman–Crippen MR) is 118 cm³/mol. The summed E-state index contributed by atoms with van der Waals surface area (Å²) in [5.74, 6) is -0.769. The van der Waals surface area contributed by atoms with Crippen LogP contribution in [0.2, 0.25) is 0 Å². The van der Waals surface area contributed by atoms with Crippen LogP contribution in [0.1, 0.15) is 57.1 Å². The quantitative estimate of drug-likeness (QED) is 0.464. The summed E-state index contributed by atoms with van der Waals surface area (Å²) in [6.45, 7) is 6.10. The van der Waals surface area contributed by atoms with Crippen molar-refractivity contribution in [3.05, 3.63) is 47.5 Å². The van der Waals surface area contributed by atoms with E-state index in [2.05, 4.69) is 13.8 Å². The van der Waals surface area contributed by atoms with E-state index >= 15 is 0 Å². The molecule has 1 saturated carbocycles. The molecule has 0 bridgehead atoms. The molecule has 1 aliphatic carbocycles. The third-order valence-electron chi connectivity index (χ3n) is 6.70. The van der Waals surface area contributed by atoms with Crippen LogP contribution in [0.15, 0.2) is 46.2 Å². The van der Waals surface area contributed by atoms with Crippen LogP contribution in [0.4, 0.5) is 0 Å². The van der Waals surface area contributed by atoms with Crippen molar-refractivity contribution < 1.29 is 36.2 Å². The van der Waals surface area contributed by atoms with E-state index in [0.717, 1.165) is 6.42 Å². The Morgan fingerprint density at radius 2 is 1.44 bits per heavy atom. The fraction of sp³-hybridized carbons (Fsp3) is 0.455. The summed E-state index contributed by atoms with van der Waals surface area (Å²) in [6, 6.07) is 8.31. The highest BCUT2D eigenvalue weighted by atomic mass is 32.2. The van der Waals surface area contributed by atoms with Gasteiger partial charge in [-0.05, 0) is 77.8 Å². The van der Waals surface area contributed by atoms with Crippen molar-refractivity contribution in [1.29, 1.82) is 0 Å². The lowest BCUT2D eigenvalue weighted by Gasteiger charge is -2.45. The smallest absolute Gasteiger partial charge is 0.298 e. The number of hydrogen-bond donors (Lipinski definition) is 4. The fourth-order valence-corrected chi connectivity index (χ4v) is 6.14. The van der Waals surface area contributed by atoms with E-state index in [0.29, 0.717) is 24.0 Å². The maximum absolute atomic E-state index is 11.7. The highest BCUT2D eigenvalue weighted by Gasteiger charge is 2.41. The van der Waals surface area contributed by atoms with Crippen LogP contribution >= 0.6 is 0 Å². The zero-order valence-electron chi connectivity index (χ0n) is 18.1. The lowest BCUT2D eigenvalue weighted by atomic mass is 9.59. The summed E-state index contributed by atoms with van der Waals surface area (Å²) in [6.07, 6.45) is 2.01. The van der Waals surface area contributed by atoms with Crippen molar-refractivity contribution in [1.82, 2.24) is 0 Å². The minimum Gasteiger partial charge on any atom is -0.506 e. The molecule has 32 heavy (non-hydrogen) atoms. The van der Waals surface area contributed by atoms with Crippen LogP contribution in [0, 0.1) is 11.8 Å². The van der Waals surface area contributed by atoms with Crippen LogP contribution in [0.3, 0.4) is 0 Å². The number of rotatable bonds is 5. The molecule has 3 atom stereocenters. The van der Waals surface area contributed by atoms with E-state index < -0.39 is 46.9 Å². The summed E-state index contributed by atoms with van der Waals surface area (Å²) in [5, 5.41) is 19.8. The minimum atomic E-state index is -4.61. The van der Waals surface area contributed by atoms with Gasteiger partial charge in [-0.15, -0.1) is 0 Å². The SMILES string of the molecule is CC(C)C1CCC(C)(c2ccc(O)c(S(=O)(=O)O)c2)CC1c1ccc(O)c(S(=O)(=O)O)c1. The van der Waals surface area contributed by atoms with Crippen LogP contribution in [-0.2, 0) is 25.7 Å². The number of phenolic OH excluding ortho intramolecular Hbond substituents is 2. The molecule has 0 saturated heterocycles. The largest absolute Gasteiger partial charge is 0.506 e. The van der Waals surface area contributed by atoms with Crippen molar-refractivity contribution >= 4 is 20.2 Å². The monoisotopic (exact) mass is 484 g/mol. The van der Waals surface area contributed by atoms with E-state index in [4.69, 9.17) is 0 Å². The van der Waals surface area contributed by atoms with E-state index in [9.17, 15) is 36.2 Å². The molecular formula is C22H28O8S2. The molecule has 176 valence electrons. The van der Waals surface area contributed by atoms with Gasteiger partial charge in [-0.25, -0.2) is 0 Å². The van der Waals surface area contributed by atoms with Gasteiger partial charge in [-0.1, -0.05) is 32.9 Å². The maximum Gasteiger partial charge on any atom is 0.298 e. The molecule has 3 rings (SSSR count). The summed E-state index contributed by atoms with van der Waals surface area (Å²) >= 11 is 0. The van der Waals surface area contributed by atoms with Gasteiger partial charge in [0.1, 0.15) is 21.3 Å². The zero-order chi connectivity index (χ0) is 24.1. The fourth-order valence-electron chi connectivity index (χ4n) is 4.91. The highest BCUT2D eigenvalue weighted by Crippen LogP contribution is 2.51. The molecule has 2 aromatic carbocycles. The second kappa shape index (κ2) is 8.33. The van der Waals surface area contributed by atoms with Gasteiger partial charge in [0.25, 0.3) is 20.2 Å². The van der Waals surface area contributed by atoms with Gasteiger partial charge in [0, 0.05) is 0 Å². The second-order valence-electron chi connectivity index (χ2n) is 9.18. The van der Waals surface area contributed by atoms with Gasteiger partial charge in [0.15, 0.2) is 0 Å². The van der Waals surface area contributed by atoms with Crippen LogP contribution in [0.25, 0.3) is 0 Å². The Balaban J connectivity index is 2.10. The number of benzene rings is 2. The Labute approximate surface area is 188 Å². The molecule has 0 aliphatic heterocycles. The van der Waals surface area contributed by atoms with E-state index in [1.165, 1.54) is 24.3 Å². The molecule has 8 nitrogen and oxygen atoms in total. The summed E-state index contributed by atoms with van der Waals surface area (Å²) in [5.41, 5.74) is 0.747. The van der Waals surface area contributed by atoms with Crippen LogP contribution in [0.5, 0.6) is 11.5 Å². The Bertz CT molecular complexity index is 1230. The van der Waals surface area contributed by atoms with E-state index in [-0.39, 0.29) is 17.8 Å². The minimum absolute atomic E-state index is 0.141. The second-order valence-corrected chi connectivity index (χ2v) is 12.0. The first-order valence-corrected chi connectivity index (χ1v) is 13.1. The topological polar surface area (TPSA) is 149 Å². The van der Waals surface area contributed by atoms with Crippen molar-refractivity contribution in [2.45, 2.75) is 61.2 Å². The van der Waals surface area contributed by atoms with E-state index in [1.807, 2.05) is 6.92 Å². The third-order valence-corrected chi connectivity index (χ3v) is 8.46. The number of hydrogen-bond acceptors (Lipinski definition) is 6. The summed E-state index contributed by atoms with van der Waals surface area (Å²) in [7, 11) is -9.22. The lowest BCUT2D eigenvalue weighted by molar-refractivity contribution is 0.170. The first-order valence-electron chi connectivity index (χ1n) is 10.2. The van der Waals surface area contributed by atoms with Crippen molar-refractivity contribution in [3.63, 3.8) is 0 Å². The van der Waals surface area contributed by atoms with Gasteiger partial charge < -0.3 is 10.2 Å². The molecule has 1 aliphatic rings. The molecule has 0 amide bonds. The average Bonchev–Trinajstić information content (AvgIpc) is 2.66. The molecule has 2 aromatic rings. The number of phenols is 2. The summed E-state index contributed by atoms with van der Waals surface area (Å²) < 4.78 is 65.7. The van der Waals surface area contributed by atoms with Crippen LogP contribution in [-0.4, -0.2) is 36.2 Å². The first-order chi connectivity index (χ1) is 14.6. The lowest BCUT2D eigenvalue weighted by Crippen LogP contribution is -2.36. The van der Waals surface area contributed by atoms with Crippen molar-refractivity contribution in [3.8, 4) is 11.5 Å². The Kier molecular flexibility index (Phi) is 6.38. The Hall–Kier alpha value is -2.14. The van der Waals surface area contributed by atoms with Crippen molar-refractivity contribution in [2.75, 3.05) is 0 Å². The molecule has 0 radical (unpaired) electrons. The molecule has 0 heterocycles. The molecule has 3 unspecified atom stereocenters. The predicted octanol–water partition coefficient (Wildman–Crippen LogP) is 4.09. The van der Waals surface area contributed by atoms with Gasteiger partial charge in [0.05, 0.1) is 0 Å². The Morgan fingerprint density at radius 1 is 0.906 bits per heavy atom. The summed E-state index contributed by atoms with van der Waals surface area (Å²) in [4.78, 5) is -1.11. The van der Waals surface area contributed by atoms with Crippen LogP contribution < -0.4 is 0 Å². The standard InChI is InChI=1S/C22H28O8S2/c1-13(2)16-8-9-22(3,15-5-7-19(24)21(11-15)32(28,29)30)12-17(16)14-4-6-18(23)20(10-14)31(25,26)27/h4-7,10-11,13,16-17,23-24H,8-9,12H2,1-3H3,(H,25,26,27)(H,28,29,30). The average molecular weight is 485 g/mol. The van der Waals surface area contributed by atoms with Gasteiger partial charge in [-0.3, -0.25) is 9.11 Å². The first kappa shape index (κ1) is 24.5. The molecule has 10 heteroatoms. The third kappa shape index (κ3) is 4.78. The Morgan fingerprint density at radius 3 is 1.97 bits per heavy atom. The number of aromatic hydroxyl groups is 2.